The Labute approximate surface area is 196 Å². The summed E-state index contributed by atoms with van der Waals surface area (Å²) in [7, 11) is 0. The third-order valence-electron chi connectivity index (χ3n) is 5.78. The summed E-state index contributed by atoms with van der Waals surface area (Å²) in [5.41, 5.74) is 1.62. The molecule has 9 heteroatoms. The van der Waals surface area contributed by atoms with Crippen LogP contribution in [0.4, 0.5) is 5.82 Å². The lowest BCUT2D eigenvalue weighted by molar-refractivity contribution is -0.137. The van der Waals surface area contributed by atoms with Gasteiger partial charge in [-0.2, -0.15) is 0 Å². The molecule has 1 N–H and O–H groups in total. The van der Waals surface area contributed by atoms with E-state index in [4.69, 9.17) is 38.0 Å². The van der Waals surface area contributed by atoms with Gasteiger partial charge in [-0.3, -0.25) is 4.79 Å². The molecular formula is C23H26Cl2N4O3. The first-order valence-corrected chi connectivity index (χ1v) is 11.6. The topological polar surface area (TPSA) is 80.5 Å². The normalized spacial score (nSPS) is 16.2. The number of pyridine rings is 1. The van der Waals surface area contributed by atoms with Gasteiger partial charge in [0.2, 0.25) is 0 Å². The zero-order valence-corrected chi connectivity index (χ0v) is 19.2. The lowest BCUT2D eigenvalue weighted by atomic mass is 10.1. The Kier molecular flexibility index (Phi) is 7.50. The van der Waals surface area contributed by atoms with Gasteiger partial charge in [0.1, 0.15) is 5.82 Å². The van der Waals surface area contributed by atoms with Gasteiger partial charge in [-0.15, -0.1) is 0 Å². The molecule has 3 aromatic rings. The number of anilines is 1. The second kappa shape index (κ2) is 10.5. The molecule has 0 radical (unpaired) electrons. The lowest BCUT2D eigenvalue weighted by Gasteiger charge is -2.27. The third-order valence-corrected chi connectivity index (χ3v) is 6.58. The summed E-state index contributed by atoms with van der Waals surface area (Å²) in [5.74, 6) is 0.102. The summed E-state index contributed by atoms with van der Waals surface area (Å²) in [6, 6.07) is 6.02. The fourth-order valence-electron chi connectivity index (χ4n) is 4.15. The van der Waals surface area contributed by atoms with E-state index in [1.807, 2.05) is 16.8 Å². The molecule has 1 aromatic carbocycles. The van der Waals surface area contributed by atoms with E-state index < -0.39 is 5.97 Å². The number of aliphatic carboxylic acids is 1. The largest absolute Gasteiger partial charge is 0.481 e. The predicted octanol–water partition coefficient (Wildman–Crippen LogP) is 5.36. The monoisotopic (exact) mass is 476 g/mol. The number of ether oxygens (including phenoxy) is 1. The Balaban J connectivity index is 1.51. The molecule has 1 atom stereocenters. The summed E-state index contributed by atoms with van der Waals surface area (Å²) in [6.07, 6.45) is 10.1. The number of carbonyl (C=O) groups is 1. The lowest BCUT2D eigenvalue weighted by Crippen LogP contribution is -2.34. The van der Waals surface area contributed by atoms with Crippen molar-refractivity contribution in [3.63, 3.8) is 0 Å². The number of nitrogens with zero attached hydrogens (tertiary/aromatic N) is 4. The highest BCUT2D eigenvalue weighted by Crippen LogP contribution is 2.36. The summed E-state index contributed by atoms with van der Waals surface area (Å²) in [5, 5.41) is 10.5. The van der Waals surface area contributed by atoms with Crippen molar-refractivity contribution in [3.05, 3.63) is 47.0 Å². The average molecular weight is 477 g/mol. The number of hydrogen-bond donors (Lipinski definition) is 1. The summed E-state index contributed by atoms with van der Waals surface area (Å²) < 4.78 is 7.88. The van der Waals surface area contributed by atoms with E-state index >= 15 is 0 Å². The highest BCUT2D eigenvalue weighted by Gasteiger charge is 2.27. The molecule has 32 heavy (non-hydrogen) atoms. The Morgan fingerprint density at radius 1 is 1.25 bits per heavy atom. The number of imidazole rings is 1. The molecule has 0 bridgehead atoms. The van der Waals surface area contributed by atoms with Crippen molar-refractivity contribution < 1.29 is 14.6 Å². The minimum absolute atomic E-state index is 0.218. The molecule has 0 aliphatic carbocycles. The van der Waals surface area contributed by atoms with Crippen LogP contribution in [0, 0.1) is 0 Å². The van der Waals surface area contributed by atoms with Crippen molar-refractivity contribution in [3.8, 4) is 5.69 Å². The van der Waals surface area contributed by atoms with Crippen LogP contribution < -0.4 is 4.90 Å². The SMILES string of the molecule is O=C(O)CCCCCOC[C@@H]1CCCN1c1cc(-n2ccnc2)c2ccc(Cl)c(Cl)c2n1. The Bertz CT molecular complexity index is 1070. The summed E-state index contributed by atoms with van der Waals surface area (Å²) >= 11 is 12.8. The molecule has 0 spiro atoms. The number of unbranched alkanes of at least 4 members (excludes halogenated alkanes) is 2. The molecule has 1 saturated heterocycles. The van der Waals surface area contributed by atoms with Crippen molar-refractivity contribution in [2.24, 2.45) is 0 Å². The standard InChI is InChI=1S/C23H26Cl2N4O3/c24-18-8-7-17-19(28-11-9-26-15-28)13-20(27-23(17)22(18)25)29-10-4-5-16(29)14-32-12-3-1-2-6-21(30)31/h7-9,11,13,15-16H,1-6,10,12,14H2,(H,30,31)/t16-/m0/s1. The number of fused-ring (bicyclic) bond motifs is 1. The van der Waals surface area contributed by atoms with E-state index in [1.54, 1.807) is 18.6 Å². The van der Waals surface area contributed by atoms with Crippen molar-refractivity contribution in [2.75, 3.05) is 24.7 Å². The fourth-order valence-corrected chi connectivity index (χ4v) is 4.51. The van der Waals surface area contributed by atoms with Crippen LogP contribution in [0.3, 0.4) is 0 Å². The molecule has 3 heterocycles. The maximum absolute atomic E-state index is 10.6. The first-order chi connectivity index (χ1) is 15.5. The highest BCUT2D eigenvalue weighted by atomic mass is 35.5. The first-order valence-electron chi connectivity index (χ1n) is 10.9. The molecule has 1 fully saturated rings. The molecule has 1 aliphatic rings. The molecule has 2 aromatic heterocycles. The summed E-state index contributed by atoms with van der Waals surface area (Å²) in [6.45, 7) is 2.14. The zero-order valence-electron chi connectivity index (χ0n) is 17.7. The Morgan fingerprint density at radius 3 is 2.91 bits per heavy atom. The Morgan fingerprint density at radius 2 is 2.12 bits per heavy atom. The molecule has 170 valence electrons. The van der Waals surface area contributed by atoms with Gasteiger partial charge >= 0.3 is 5.97 Å². The van der Waals surface area contributed by atoms with Crippen LogP contribution in [0.2, 0.25) is 10.0 Å². The first kappa shape index (κ1) is 22.8. The maximum Gasteiger partial charge on any atom is 0.303 e. The second-order valence-corrected chi connectivity index (χ2v) is 8.78. The van der Waals surface area contributed by atoms with E-state index in [0.717, 1.165) is 49.1 Å². The number of carboxylic acids is 1. The molecule has 0 amide bonds. The number of benzene rings is 1. The van der Waals surface area contributed by atoms with Crippen LogP contribution >= 0.6 is 23.2 Å². The van der Waals surface area contributed by atoms with E-state index in [1.165, 1.54) is 0 Å². The Hall–Kier alpha value is -2.35. The van der Waals surface area contributed by atoms with Gasteiger partial charge in [0, 0.05) is 43.4 Å². The number of halogens is 2. The minimum atomic E-state index is -0.744. The van der Waals surface area contributed by atoms with Crippen molar-refractivity contribution in [2.45, 2.75) is 44.6 Å². The molecular weight excluding hydrogens is 451 g/mol. The predicted molar refractivity (Wildman–Crippen MR) is 126 cm³/mol. The molecule has 1 aliphatic heterocycles. The minimum Gasteiger partial charge on any atom is -0.481 e. The molecule has 4 rings (SSSR count). The second-order valence-electron chi connectivity index (χ2n) is 8.00. The van der Waals surface area contributed by atoms with E-state index in [0.29, 0.717) is 35.2 Å². The van der Waals surface area contributed by atoms with Crippen LogP contribution in [0.1, 0.15) is 38.5 Å². The fraction of sp³-hybridized carbons (Fsp3) is 0.435. The van der Waals surface area contributed by atoms with Crippen LogP contribution in [0.15, 0.2) is 36.9 Å². The highest BCUT2D eigenvalue weighted by molar-refractivity contribution is 6.45. The van der Waals surface area contributed by atoms with E-state index in [-0.39, 0.29) is 12.5 Å². The van der Waals surface area contributed by atoms with Crippen molar-refractivity contribution >= 4 is 45.9 Å². The van der Waals surface area contributed by atoms with Gasteiger partial charge in [-0.05, 0) is 37.8 Å². The van der Waals surface area contributed by atoms with Crippen LogP contribution in [-0.2, 0) is 9.53 Å². The van der Waals surface area contributed by atoms with Crippen molar-refractivity contribution in [1.29, 1.82) is 0 Å². The number of carboxylic acid groups (broad SMARTS) is 1. The van der Waals surface area contributed by atoms with Gasteiger partial charge in [0.05, 0.1) is 40.2 Å². The maximum atomic E-state index is 10.6. The number of rotatable bonds is 10. The third kappa shape index (κ3) is 5.17. The molecule has 0 unspecified atom stereocenters. The van der Waals surface area contributed by atoms with E-state index in [2.05, 4.69) is 16.0 Å². The van der Waals surface area contributed by atoms with Crippen LogP contribution in [0.25, 0.3) is 16.6 Å². The van der Waals surface area contributed by atoms with Crippen LogP contribution in [0.5, 0.6) is 0 Å². The zero-order chi connectivity index (χ0) is 22.5. The van der Waals surface area contributed by atoms with Gasteiger partial charge in [0.15, 0.2) is 0 Å². The van der Waals surface area contributed by atoms with E-state index in [9.17, 15) is 4.79 Å². The molecule has 7 nitrogen and oxygen atoms in total. The molecule has 0 saturated carbocycles. The average Bonchev–Trinajstić information content (AvgIpc) is 3.47. The number of hydrogen-bond acceptors (Lipinski definition) is 5. The van der Waals surface area contributed by atoms with Gasteiger partial charge < -0.3 is 19.3 Å². The summed E-state index contributed by atoms with van der Waals surface area (Å²) in [4.78, 5) is 21.9. The van der Waals surface area contributed by atoms with Gasteiger partial charge in [-0.25, -0.2) is 9.97 Å². The van der Waals surface area contributed by atoms with Crippen LogP contribution in [-0.4, -0.2) is 51.4 Å². The van der Waals surface area contributed by atoms with Gasteiger partial charge in [-0.1, -0.05) is 29.6 Å². The quantitative estimate of drug-likeness (QED) is 0.396. The smallest absolute Gasteiger partial charge is 0.303 e. The van der Waals surface area contributed by atoms with Crippen molar-refractivity contribution in [1.82, 2.24) is 14.5 Å². The number of aromatic nitrogens is 3. The van der Waals surface area contributed by atoms with Gasteiger partial charge in [0.25, 0.3) is 0 Å².